The van der Waals surface area contributed by atoms with Crippen LogP contribution in [0.3, 0.4) is 0 Å². The summed E-state index contributed by atoms with van der Waals surface area (Å²) in [6, 6.07) is 0. The van der Waals surface area contributed by atoms with Crippen LogP contribution < -0.4 is 5.32 Å². The third kappa shape index (κ3) is 25.6. The summed E-state index contributed by atoms with van der Waals surface area (Å²) in [5.41, 5.74) is -0.477. The highest BCUT2D eigenvalue weighted by atomic mass is 16.6. The van der Waals surface area contributed by atoms with Crippen LogP contribution in [0.4, 0.5) is 0 Å². The highest BCUT2D eigenvalue weighted by Crippen LogP contribution is 2.31. The third-order valence-electron chi connectivity index (χ3n) is 7.73. The molecule has 2 saturated heterocycles. The molecule has 13 heteroatoms. The van der Waals surface area contributed by atoms with E-state index in [-0.39, 0.29) is 51.0 Å². The SMILES string of the molecule is CCN(CC)CC.O=C1CCC(=O)O1.[3H]CC1(COC(=O)CCC(=O)O)CCN(C(=O)CCCCCNC(=O)CCCCC#C)CC1.[3H]OC. The van der Waals surface area contributed by atoms with Crippen LogP contribution in [0, 0.1) is 17.8 Å². The van der Waals surface area contributed by atoms with Gasteiger partial charge in [0.2, 0.25) is 13.2 Å². The van der Waals surface area contributed by atoms with Gasteiger partial charge in [0, 0.05) is 52.8 Å². The van der Waals surface area contributed by atoms with Crippen molar-refractivity contribution in [2.75, 3.05) is 53.0 Å². The summed E-state index contributed by atoms with van der Waals surface area (Å²) < 4.78 is 22.9. The summed E-state index contributed by atoms with van der Waals surface area (Å²) in [6.45, 7) is 12.0. The summed E-state index contributed by atoms with van der Waals surface area (Å²) in [7, 11) is 1.29. The Morgan fingerprint density at radius 1 is 0.979 bits per heavy atom. The van der Waals surface area contributed by atoms with Crippen LogP contribution in [0.1, 0.15) is 119 Å². The number of amides is 2. The van der Waals surface area contributed by atoms with Gasteiger partial charge in [-0.15, -0.1) is 12.3 Å². The molecule has 3 N–H and O–H groups in total. The first-order chi connectivity index (χ1) is 23.9. The number of aliphatic hydroxyl groups is 1. The predicted molar refractivity (Wildman–Crippen MR) is 182 cm³/mol. The lowest BCUT2D eigenvalue weighted by Gasteiger charge is -2.39. The molecule has 2 aliphatic heterocycles. The number of piperidine rings is 1. The molecule has 2 fully saturated rings. The van der Waals surface area contributed by atoms with E-state index < -0.39 is 29.3 Å². The number of nitrogens with one attached hydrogen (secondary N) is 1. The van der Waals surface area contributed by atoms with Gasteiger partial charge in [0.25, 0.3) is 0 Å². The number of esters is 3. The van der Waals surface area contributed by atoms with Crippen LogP contribution in [0.25, 0.3) is 0 Å². The van der Waals surface area contributed by atoms with Crippen LogP contribution in [-0.2, 0) is 38.2 Å². The third-order valence-corrected chi connectivity index (χ3v) is 7.73. The smallest absolute Gasteiger partial charge is 0.314 e. The number of carboxylic acids is 1. The van der Waals surface area contributed by atoms with Crippen molar-refractivity contribution in [1.29, 1.82) is 1.43 Å². The Morgan fingerprint density at radius 3 is 2.02 bits per heavy atom. The van der Waals surface area contributed by atoms with E-state index in [1.54, 1.807) is 4.90 Å². The number of unbranched alkanes of at least 4 members (excludes halogenated alkanes) is 4. The maximum atomic E-state index is 12.5. The number of aliphatic hydroxyl groups excluding tert-OH is 1. The summed E-state index contributed by atoms with van der Waals surface area (Å²) in [5, 5.41) is 15.0. The van der Waals surface area contributed by atoms with E-state index in [0.29, 0.717) is 51.7 Å². The number of cyclic esters (lactones) is 2. The minimum Gasteiger partial charge on any atom is -0.481 e. The number of carbonyl (C=O) groups is 6. The number of ether oxygens (including phenoxy) is 2. The van der Waals surface area contributed by atoms with E-state index >= 15 is 0 Å². The minimum absolute atomic E-state index is 0.0434. The zero-order chi connectivity index (χ0) is 38.2. The number of likely N-dealkylation sites (tertiary alicyclic amines) is 1. The van der Waals surface area contributed by atoms with Crippen LogP contribution in [0.2, 0.25) is 0 Å². The monoisotopic (exact) mass is 687 g/mol. The molecule has 0 aromatic carbocycles. The van der Waals surface area contributed by atoms with Crippen molar-refractivity contribution in [2.45, 2.75) is 118 Å². The molecule has 0 bridgehead atoms. The van der Waals surface area contributed by atoms with Crippen molar-refractivity contribution in [2.24, 2.45) is 5.41 Å². The fraction of sp³-hybridized carbons (Fsp3) is 0.771. The van der Waals surface area contributed by atoms with Gasteiger partial charge in [0.1, 0.15) is 0 Å². The molecule has 2 rings (SSSR count). The van der Waals surface area contributed by atoms with E-state index in [9.17, 15) is 28.8 Å². The quantitative estimate of drug-likeness (QED) is 0.0828. The Labute approximate surface area is 290 Å². The van der Waals surface area contributed by atoms with Crippen molar-refractivity contribution in [3.63, 3.8) is 0 Å². The van der Waals surface area contributed by atoms with Gasteiger partial charge >= 0.3 is 23.9 Å². The molecule has 2 aliphatic rings. The molecular formula is C35H61N3O10. The lowest BCUT2D eigenvalue weighted by molar-refractivity contribution is -0.152. The first kappa shape index (κ1) is 42.5. The van der Waals surface area contributed by atoms with E-state index in [1.165, 1.54) is 26.7 Å². The van der Waals surface area contributed by atoms with Crippen LogP contribution in [0.15, 0.2) is 0 Å². The highest BCUT2D eigenvalue weighted by molar-refractivity contribution is 5.92. The van der Waals surface area contributed by atoms with Crippen LogP contribution in [-0.4, -0.2) is 110 Å². The van der Waals surface area contributed by atoms with Gasteiger partial charge in [-0.3, -0.25) is 28.8 Å². The van der Waals surface area contributed by atoms with Gasteiger partial charge < -0.3 is 34.8 Å². The second-order valence-electron chi connectivity index (χ2n) is 11.5. The number of aliphatic carboxylic acids is 1. The van der Waals surface area contributed by atoms with Crippen LogP contribution in [0.5, 0.6) is 0 Å². The number of hydrogen-bond donors (Lipinski definition) is 3. The number of carboxylic acid groups (broad SMARTS) is 1. The predicted octanol–water partition coefficient (Wildman–Crippen LogP) is 3.70. The number of rotatable bonds is 18. The van der Waals surface area contributed by atoms with Crippen molar-refractivity contribution in [1.82, 2.24) is 15.1 Å². The minimum atomic E-state index is -1.05. The molecule has 0 atom stereocenters. The standard InChI is InChI=1S/C24H38N2O6.C6H15N.C4H4O3.CH4O/c1-3-4-5-7-10-20(27)25-16-9-6-8-11-21(28)26-17-14-24(2,15-18-26)19-32-23(31)13-12-22(29)30;1-4-7(5-2)6-3;5-3-1-2-4(6)7-3;1-2/h1H,4-19H2,2H3,(H,25,27)(H,29,30);4-6H2,1-3H3;1-2H2;2H,1H3/i2T;;;2T. The zero-order valence-electron chi connectivity index (χ0n) is 31.6. The van der Waals surface area contributed by atoms with Crippen molar-refractivity contribution < 1.29 is 49.8 Å². The first-order valence-corrected chi connectivity index (χ1v) is 17.0. The zero-order valence-corrected chi connectivity index (χ0v) is 29.6. The maximum Gasteiger partial charge on any atom is 0.314 e. The van der Waals surface area contributed by atoms with Gasteiger partial charge in [0.05, 0.1) is 32.3 Å². The number of carbonyl (C=O) groups excluding carboxylic acids is 5. The van der Waals surface area contributed by atoms with E-state index in [1.807, 2.05) is 0 Å². The topological polar surface area (TPSA) is 180 Å². The molecule has 0 radical (unpaired) electrons. The van der Waals surface area contributed by atoms with Crippen molar-refractivity contribution in [3.05, 3.63) is 0 Å². The average Bonchev–Trinajstić information content (AvgIpc) is 3.49. The Balaban J connectivity index is 0. The fourth-order valence-electron chi connectivity index (χ4n) is 4.56. The van der Waals surface area contributed by atoms with Crippen LogP contribution >= 0.6 is 0 Å². The molecule has 276 valence electrons. The molecule has 2 heterocycles. The molecule has 13 nitrogen and oxygen atoms in total. The summed E-state index contributed by atoms with van der Waals surface area (Å²) >= 11 is 0. The van der Waals surface area contributed by atoms with Gasteiger partial charge in [-0.1, -0.05) is 34.1 Å². The number of nitrogens with zero attached hydrogens (tertiary/aromatic N) is 2. The van der Waals surface area contributed by atoms with E-state index in [2.05, 4.69) is 46.8 Å². The highest BCUT2D eigenvalue weighted by Gasteiger charge is 2.33. The molecule has 0 aromatic heterocycles. The average molecular weight is 688 g/mol. The van der Waals surface area contributed by atoms with Gasteiger partial charge in [-0.05, 0) is 58.2 Å². The number of terminal acetylenes is 1. The summed E-state index contributed by atoms with van der Waals surface area (Å²) in [5.74, 6) is 0.278. The maximum absolute atomic E-state index is 12.5. The lowest BCUT2D eigenvalue weighted by atomic mass is 9.81. The van der Waals surface area contributed by atoms with Gasteiger partial charge in [0.15, 0.2) is 0 Å². The normalized spacial score (nSPS) is 15.0. The van der Waals surface area contributed by atoms with E-state index in [4.69, 9.17) is 19.1 Å². The molecule has 48 heavy (non-hydrogen) atoms. The van der Waals surface area contributed by atoms with E-state index in [0.717, 1.165) is 32.1 Å². The Morgan fingerprint density at radius 2 is 1.56 bits per heavy atom. The summed E-state index contributed by atoms with van der Waals surface area (Å²) in [6.07, 6.45) is 12.2. The molecule has 0 spiro atoms. The Bertz CT molecular complexity index is 1010. The fourth-order valence-corrected chi connectivity index (χ4v) is 4.56. The van der Waals surface area contributed by atoms with Crippen molar-refractivity contribution >= 4 is 35.7 Å². The summed E-state index contributed by atoms with van der Waals surface area (Å²) in [4.78, 5) is 70.6. The molecule has 0 saturated carbocycles. The molecule has 0 aromatic rings. The molecule has 0 aliphatic carbocycles. The Kier molecular flexibility index (Phi) is 26.2. The molecule has 2 amide bonds. The largest absolute Gasteiger partial charge is 0.481 e. The molecular weight excluding hydrogens is 622 g/mol. The second kappa shape index (κ2) is 29.6. The lowest BCUT2D eigenvalue weighted by Crippen LogP contribution is -2.44. The number of hydrogen-bond acceptors (Lipinski definition) is 10. The van der Waals surface area contributed by atoms with Gasteiger partial charge in [-0.2, -0.15) is 0 Å². The second-order valence-corrected chi connectivity index (χ2v) is 11.5. The van der Waals surface area contributed by atoms with Gasteiger partial charge in [-0.25, -0.2) is 0 Å². The Hall–Kier alpha value is -3.50. The first-order valence-electron chi connectivity index (χ1n) is 18.1. The van der Waals surface area contributed by atoms with Crippen molar-refractivity contribution in [3.8, 4) is 12.3 Å². The molecule has 0 unspecified atom stereocenters.